The summed E-state index contributed by atoms with van der Waals surface area (Å²) in [5.41, 5.74) is 3.07. The van der Waals surface area contributed by atoms with Crippen LogP contribution in [0.3, 0.4) is 0 Å². The molecule has 12 nitrogen and oxygen atoms in total. The van der Waals surface area contributed by atoms with Crippen molar-refractivity contribution < 1.29 is 38.0 Å². The van der Waals surface area contributed by atoms with Crippen LogP contribution in [0.1, 0.15) is 0 Å². The molecule has 0 saturated carbocycles. The van der Waals surface area contributed by atoms with Crippen molar-refractivity contribution in [2.45, 2.75) is 4.34 Å². The molecule has 8 rings (SSSR count). The molecule has 16 heteroatoms. The van der Waals surface area contributed by atoms with Gasteiger partial charge in [-0.2, -0.15) is 0 Å². The molecular formula is C46H40N4O8S4. The van der Waals surface area contributed by atoms with Gasteiger partial charge in [-0.3, -0.25) is 0 Å². The first-order valence-electron chi connectivity index (χ1n) is 19.3. The van der Waals surface area contributed by atoms with E-state index in [2.05, 4.69) is 11.9 Å². The van der Waals surface area contributed by atoms with E-state index in [-0.39, 0.29) is 33.0 Å². The number of aromatic nitrogens is 3. The van der Waals surface area contributed by atoms with Crippen LogP contribution in [0.25, 0.3) is 51.8 Å². The van der Waals surface area contributed by atoms with Crippen LogP contribution in [-0.2, 0) is 14.3 Å². The Bertz CT molecular complexity index is 2630. The summed E-state index contributed by atoms with van der Waals surface area (Å²) in [7, 11) is 3.18. The number of para-hydroxylation sites is 5. The van der Waals surface area contributed by atoms with Gasteiger partial charge in [0, 0.05) is 11.8 Å². The van der Waals surface area contributed by atoms with Crippen LogP contribution in [0.2, 0.25) is 0 Å². The molecule has 0 unspecified atom stereocenters. The first-order valence-corrected chi connectivity index (χ1v) is 22.8. The lowest BCUT2D eigenvalue weighted by molar-refractivity contribution is -0.137. The summed E-state index contributed by atoms with van der Waals surface area (Å²) in [5, 5.41) is 4.19. The molecule has 0 fully saturated rings. The molecule has 316 valence electrons. The minimum absolute atomic E-state index is 0.000981. The van der Waals surface area contributed by atoms with Crippen molar-refractivity contribution >= 4 is 88.5 Å². The zero-order valence-electron chi connectivity index (χ0n) is 33.7. The Morgan fingerprint density at radius 2 is 1.18 bits per heavy atom. The molecule has 8 aromatic rings. The minimum Gasteiger partial charge on any atom is -0.493 e. The summed E-state index contributed by atoms with van der Waals surface area (Å²) in [5.74, 6) is 1.71. The van der Waals surface area contributed by atoms with Crippen LogP contribution in [0.15, 0.2) is 126 Å². The number of methoxy groups -OCH3 is 2. The number of rotatable bonds is 19. The molecule has 62 heavy (non-hydrogen) atoms. The van der Waals surface area contributed by atoms with E-state index in [0.717, 1.165) is 62.2 Å². The predicted molar refractivity (Wildman–Crippen MR) is 247 cm³/mol. The molecule has 1 N–H and O–H groups in total. The van der Waals surface area contributed by atoms with Gasteiger partial charge in [0.25, 0.3) is 0 Å². The number of nitrogens with one attached hydrogen (secondary N) is 1. The highest BCUT2D eigenvalue weighted by Crippen LogP contribution is 2.45. The molecule has 0 aliphatic rings. The first kappa shape index (κ1) is 42.5. The molecule has 0 aliphatic carbocycles. The first-order chi connectivity index (χ1) is 30.3. The van der Waals surface area contributed by atoms with Gasteiger partial charge in [0.1, 0.15) is 36.4 Å². The number of thiazole rings is 3. The SMILES string of the molecule is C=CC(=O)OCCNC(=O)OCC(COc1c(OC)cccc1-c1nc2ccccc2s1)(COc1c(OC)cccc1-c1nc2ccccc2s1)CSc1nc2ccccc2s1. The normalized spacial score (nSPS) is 11.4. The number of alkyl carbamates (subject to hydrolysis) is 1. The summed E-state index contributed by atoms with van der Waals surface area (Å²) in [4.78, 5) is 39.7. The van der Waals surface area contributed by atoms with Gasteiger partial charge in [-0.05, 0) is 60.7 Å². The topological polar surface area (TPSA) is 140 Å². The Morgan fingerprint density at radius 1 is 0.661 bits per heavy atom. The second kappa shape index (κ2) is 19.7. The predicted octanol–water partition coefficient (Wildman–Crippen LogP) is 10.6. The van der Waals surface area contributed by atoms with E-state index in [9.17, 15) is 9.59 Å². The quantitative estimate of drug-likeness (QED) is 0.0357. The number of fused-ring (bicyclic) bond motifs is 3. The van der Waals surface area contributed by atoms with Crippen molar-refractivity contribution in [1.82, 2.24) is 20.3 Å². The summed E-state index contributed by atoms with van der Waals surface area (Å²) in [6.07, 6.45) is 0.345. The van der Waals surface area contributed by atoms with Crippen molar-refractivity contribution in [3.63, 3.8) is 0 Å². The van der Waals surface area contributed by atoms with Crippen LogP contribution in [0.4, 0.5) is 4.79 Å². The van der Waals surface area contributed by atoms with Crippen LogP contribution in [0, 0.1) is 5.41 Å². The van der Waals surface area contributed by atoms with Crippen LogP contribution >= 0.6 is 45.8 Å². The Balaban J connectivity index is 1.17. The third kappa shape index (κ3) is 9.79. The highest BCUT2D eigenvalue weighted by Gasteiger charge is 2.37. The Hall–Kier alpha value is -6.20. The summed E-state index contributed by atoms with van der Waals surface area (Å²) < 4.78 is 40.6. The zero-order chi connectivity index (χ0) is 42.9. The number of hydrogen-bond donors (Lipinski definition) is 1. The largest absolute Gasteiger partial charge is 0.493 e. The molecule has 0 radical (unpaired) electrons. The van der Waals surface area contributed by atoms with E-state index in [1.54, 1.807) is 48.2 Å². The van der Waals surface area contributed by atoms with E-state index in [0.29, 0.717) is 28.8 Å². The monoisotopic (exact) mass is 904 g/mol. The van der Waals surface area contributed by atoms with Crippen molar-refractivity contribution in [3.8, 4) is 44.1 Å². The molecule has 0 aliphatic heterocycles. The zero-order valence-corrected chi connectivity index (χ0v) is 36.9. The maximum Gasteiger partial charge on any atom is 0.407 e. The molecule has 0 spiro atoms. The number of thioether (sulfide) groups is 1. The number of amides is 1. The van der Waals surface area contributed by atoms with Gasteiger partial charge >= 0.3 is 12.1 Å². The molecule has 0 bridgehead atoms. The highest BCUT2D eigenvalue weighted by molar-refractivity contribution is 8.01. The van der Waals surface area contributed by atoms with Crippen molar-refractivity contribution in [1.29, 1.82) is 0 Å². The number of esters is 1. The van der Waals surface area contributed by atoms with Gasteiger partial charge in [-0.25, -0.2) is 24.5 Å². The lowest BCUT2D eigenvalue weighted by atomic mass is 9.93. The van der Waals surface area contributed by atoms with Crippen molar-refractivity contribution in [2.75, 3.05) is 52.9 Å². The molecule has 3 aromatic heterocycles. The van der Waals surface area contributed by atoms with Gasteiger partial charge in [-0.15, -0.1) is 34.0 Å². The second-order valence-electron chi connectivity index (χ2n) is 13.8. The maximum atomic E-state index is 13.3. The van der Waals surface area contributed by atoms with Crippen molar-refractivity contribution in [3.05, 3.63) is 122 Å². The smallest absolute Gasteiger partial charge is 0.407 e. The average Bonchev–Trinajstić information content (AvgIpc) is 4.06. The van der Waals surface area contributed by atoms with Gasteiger partial charge in [0.2, 0.25) is 0 Å². The summed E-state index contributed by atoms with van der Waals surface area (Å²) >= 11 is 6.19. The average molecular weight is 905 g/mol. The molecule has 0 saturated heterocycles. The maximum absolute atomic E-state index is 13.3. The third-order valence-corrected chi connectivity index (χ3v) is 14.2. The fourth-order valence-corrected chi connectivity index (χ4v) is 10.6. The van der Waals surface area contributed by atoms with Gasteiger partial charge in [-0.1, -0.05) is 66.9 Å². The van der Waals surface area contributed by atoms with E-state index in [4.69, 9.17) is 43.4 Å². The number of nitrogens with zero attached hydrogens (tertiary/aromatic N) is 3. The minimum atomic E-state index is -1.05. The second-order valence-corrected chi connectivity index (χ2v) is 18.1. The van der Waals surface area contributed by atoms with E-state index >= 15 is 0 Å². The Labute approximate surface area is 373 Å². The lowest BCUT2D eigenvalue weighted by Gasteiger charge is -2.33. The summed E-state index contributed by atoms with van der Waals surface area (Å²) in [6, 6.07) is 35.2. The molecule has 5 aromatic carbocycles. The van der Waals surface area contributed by atoms with Gasteiger partial charge in [0.15, 0.2) is 27.3 Å². The Morgan fingerprint density at radius 3 is 1.68 bits per heavy atom. The van der Waals surface area contributed by atoms with E-state index in [1.165, 1.54) is 11.8 Å². The fourth-order valence-electron chi connectivity index (χ4n) is 6.42. The molecule has 3 heterocycles. The summed E-state index contributed by atoms with van der Waals surface area (Å²) in [6.45, 7) is 3.22. The molecule has 1 amide bonds. The standard InChI is InChI=1S/C46H40N4O8S4/c1-4-39(51)55-24-23-47-44(52)58-27-46(28-59-45-50-33-17-7-10-22-38(33)62-45,25-56-40-29(13-11-18-34(40)53-2)42-48-31-15-5-8-20-36(31)60-42)26-57-41-30(14-12-19-35(41)54-3)43-49-32-16-6-9-21-37(32)61-43/h4-22H,1,23-28H2,2-3H3,(H,47,52). The van der Waals surface area contributed by atoms with Crippen molar-refractivity contribution in [2.24, 2.45) is 5.41 Å². The molecular weight excluding hydrogens is 865 g/mol. The highest BCUT2D eigenvalue weighted by atomic mass is 32.2. The third-order valence-electron chi connectivity index (χ3n) is 9.56. The number of carbonyl (C=O) groups excluding carboxylic acids is 2. The van der Waals surface area contributed by atoms with E-state index in [1.807, 2.05) is 109 Å². The van der Waals surface area contributed by atoms with Crippen LogP contribution in [-0.4, -0.2) is 80.0 Å². The van der Waals surface area contributed by atoms with Gasteiger partial charge in [0.05, 0.1) is 68.0 Å². The molecule has 0 atom stereocenters. The van der Waals surface area contributed by atoms with Crippen LogP contribution in [0.5, 0.6) is 23.0 Å². The number of carbonyl (C=O) groups is 2. The van der Waals surface area contributed by atoms with Crippen LogP contribution < -0.4 is 24.3 Å². The number of benzene rings is 5. The fraction of sp³-hybridized carbons (Fsp3) is 0.196. The van der Waals surface area contributed by atoms with Gasteiger partial charge < -0.3 is 33.7 Å². The van der Waals surface area contributed by atoms with E-state index < -0.39 is 17.5 Å². The number of hydrogen-bond acceptors (Lipinski definition) is 15. The lowest BCUT2D eigenvalue weighted by Crippen LogP contribution is -2.44. The Kier molecular flexibility index (Phi) is 13.5. The number of ether oxygens (including phenoxy) is 6.